The van der Waals surface area contributed by atoms with E-state index in [0.717, 1.165) is 29.9 Å². The standard InChI is InChI=1S/C26H29F3N6O/c1-18-6-7-19(12-21(18)13-32-22-14-30-17-31-15-22)25(36)33-23-5-3-4-20(24(23)26(27,28)29)16-35-10-8-34(2)9-11-35/h3-7,12,14-15,17,32H,8-11,13,16H2,1-2H3,(H,33,36). The molecule has 1 amide bonds. The molecule has 0 aliphatic carbocycles. The fourth-order valence-electron chi connectivity index (χ4n) is 4.20. The largest absolute Gasteiger partial charge is 0.418 e. The molecule has 1 saturated heterocycles. The van der Waals surface area contributed by atoms with Crippen LogP contribution in [0.5, 0.6) is 0 Å². The van der Waals surface area contributed by atoms with E-state index in [9.17, 15) is 18.0 Å². The Kier molecular flexibility index (Phi) is 7.85. The number of hydrogen-bond donors (Lipinski definition) is 2. The molecule has 10 heteroatoms. The zero-order valence-corrected chi connectivity index (χ0v) is 20.3. The molecule has 190 valence electrons. The zero-order valence-electron chi connectivity index (χ0n) is 20.3. The van der Waals surface area contributed by atoms with Gasteiger partial charge in [-0.15, -0.1) is 0 Å². The maximum absolute atomic E-state index is 14.2. The number of benzene rings is 2. The molecule has 0 bridgehead atoms. The van der Waals surface area contributed by atoms with Gasteiger partial charge in [0.2, 0.25) is 0 Å². The zero-order chi connectivity index (χ0) is 25.7. The first-order chi connectivity index (χ1) is 17.2. The summed E-state index contributed by atoms with van der Waals surface area (Å²) < 4.78 is 42.5. The van der Waals surface area contributed by atoms with Crippen molar-refractivity contribution in [3.63, 3.8) is 0 Å². The molecule has 1 aliphatic heterocycles. The first-order valence-corrected chi connectivity index (χ1v) is 11.7. The van der Waals surface area contributed by atoms with Crippen LogP contribution in [0.1, 0.15) is 32.6 Å². The Hall–Kier alpha value is -3.50. The van der Waals surface area contributed by atoms with Crippen molar-refractivity contribution in [2.45, 2.75) is 26.2 Å². The quantitative estimate of drug-likeness (QED) is 0.503. The van der Waals surface area contributed by atoms with Crippen LogP contribution in [0.15, 0.2) is 55.1 Å². The minimum atomic E-state index is -4.61. The highest BCUT2D eigenvalue weighted by Crippen LogP contribution is 2.38. The first-order valence-electron chi connectivity index (χ1n) is 11.7. The molecule has 2 N–H and O–H groups in total. The van der Waals surface area contributed by atoms with E-state index in [1.807, 2.05) is 18.9 Å². The van der Waals surface area contributed by atoms with E-state index in [4.69, 9.17) is 0 Å². The Morgan fingerprint density at radius 3 is 2.44 bits per heavy atom. The predicted molar refractivity (Wildman–Crippen MR) is 133 cm³/mol. The molecule has 3 aromatic rings. The fourth-order valence-corrected chi connectivity index (χ4v) is 4.20. The lowest BCUT2D eigenvalue weighted by atomic mass is 10.0. The van der Waals surface area contributed by atoms with Crippen molar-refractivity contribution in [3.8, 4) is 0 Å². The minimum Gasteiger partial charge on any atom is -0.378 e. The van der Waals surface area contributed by atoms with Crippen molar-refractivity contribution in [1.29, 1.82) is 0 Å². The van der Waals surface area contributed by atoms with Gasteiger partial charge in [0.1, 0.15) is 6.33 Å². The van der Waals surface area contributed by atoms with Gasteiger partial charge in [0.15, 0.2) is 0 Å². The van der Waals surface area contributed by atoms with Crippen LogP contribution in [0.4, 0.5) is 24.5 Å². The van der Waals surface area contributed by atoms with Crippen molar-refractivity contribution < 1.29 is 18.0 Å². The lowest BCUT2D eigenvalue weighted by Crippen LogP contribution is -2.44. The number of anilines is 2. The van der Waals surface area contributed by atoms with Crippen molar-refractivity contribution in [1.82, 2.24) is 19.8 Å². The molecule has 7 nitrogen and oxygen atoms in total. The summed E-state index contributed by atoms with van der Waals surface area (Å²) in [5, 5.41) is 5.69. The second-order valence-corrected chi connectivity index (χ2v) is 8.99. The molecule has 2 heterocycles. The monoisotopic (exact) mass is 498 g/mol. The molecule has 0 radical (unpaired) electrons. The molecular weight excluding hydrogens is 469 g/mol. The van der Waals surface area contributed by atoms with Crippen LogP contribution in [0.2, 0.25) is 0 Å². The van der Waals surface area contributed by atoms with Gasteiger partial charge in [0.05, 0.1) is 29.3 Å². The number of amides is 1. The molecule has 1 aliphatic rings. The van der Waals surface area contributed by atoms with Crippen LogP contribution >= 0.6 is 0 Å². The lowest BCUT2D eigenvalue weighted by Gasteiger charge is -2.33. The lowest BCUT2D eigenvalue weighted by molar-refractivity contribution is -0.137. The van der Waals surface area contributed by atoms with E-state index in [-0.39, 0.29) is 23.4 Å². The SMILES string of the molecule is Cc1ccc(C(=O)Nc2cccc(CN3CCN(C)CC3)c2C(F)(F)F)cc1CNc1cncnc1. The highest BCUT2D eigenvalue weighted by Gasteiger charge is 2.37. The number of alkyl halides is 3. The van der Waals surface area contributed by atoms with Crippen LogP contribution in [0.3, 0.4) is 0 Å². The maximum Gasteiger partial charge on any atom is 0.418 e. The van der Waals surface area contributed by atoms with Crippen LogP contribution < -0.4 is 10.6 Å². The smallest absolute Gasteiger partial charge is 0.378 e. The van der Waals surface area contributed by atoms with Crippen LogP contribution in [-0.4, -0.2) is 58.9 Å². The molecule has 0 saturated carbocycles. The van der Waals surface area contributed by atoms with Crippen molar-refractivity contribution >= 4 is 17.3 Å². The third-order valence-corrected chi connectivity index (χ3v) is 6.33. The minimum absolute atomic E-state index is 0.156. The highest BCUT2D eigenvalue weighted by molar-refractivity contribution is 6.05. The van der Waals surface area contributed by atoms with Gasteiger partial charge in [-0.2, -0.15) is 13.2 Å². The number of halogens is 3. The van der Waals surface area contributed by atoms with Crippen molar-refractivity contribution in [2.75, 3.05) is 43.9 Å². The van der Waals surface area contributed by atoms with Gasteiger partial charge >= 0.3 is 6.18 Å². The first kappa shape index (κ1) is 25.6. The molecule has 36 heavy (non-hydrogen) atoms. The van der Waals surface area contributed by atoms with E-state index >= 15 is 0 Å². The van der Waals surface area contributed by atoms with E-state index in [0.29, 0.717) is 19.6 Å². The summed E-state index contributed by atoms with van der Waals surface area (Å²) in [6, 6.07) is 9.43. The number of piperazine rings is 1. The fraction of sp³-hybridized carbons (Fsp3) is 0.346. The van der Waals surface area contributed by atoms with E-state index in [2.05, 4.69) is 25.5 Å². The summed E-state index contributed by atoms with van der Waals surface area (Å²) in [4.78, 5) is 25.1. The molecule has 0 unspecified atom stereocenters. The van der Waals surface area contributed by atoms with E-state index in [1.165, 1.54) is 18.5 Å². The molecule has 4 rings (SSSR count). The Morgan fingerprint density at radius 1 is 1.03 bits per heavy atom. The van der Waals surface area contributed by atoms with Crippen LogP contribution in [0.25, 0.3) is 0 Å². The third-order valence-electron chi connectivity index (χ3n) is 6.33. The van der Waals surface area contributed by atoms with E-state index < -0.39 is 17.6 Å². The van der Waals surface area contributed by atoms with Gasteiger partial charge in [0.25, 0.3) is 5.91 Å². The van der Waals surface area contributed by atoms with Crippen molar-refractivity contribution in [2.24, 2.45) is 0 Å². The number of carbonyl (C=O) groups excluding carboxylic acids is 1. The predicted octanol–water partition coefficient (Wildman–Crippen LogP) is 4.42. The summed E-state index contributed by atoms with van der Waals surface area (Å²) in [5.41, 5.74) is 1.91. The number of nitrogens with zero attached hydrogens (tertiary/aromatic N) is 4. The third kappa shape index (κ3) is 6.38. The summed E-state index contributed by atoms with van der Waals surface area (Å²) in [7, 11) is 2.00. The molecule has 0 atom stereocenters. The molecule has 1 aromatic heterocycles. The number of rotatable bonds is 7. The number of aromatic nitrogens is 2. The number of nitrogens with one attached hydrogen (secondary N) is 2. The molecule has 1 fully saturated rings. The Bertz CT molecular complexity index is 1190. The normalized spacial score (nSPS) is 15.0. The average Bonchev–Trinajstić information content (AvgIpc) is 2.85. The van der Waals surface area contributed by atoms with Gasteiger partial charge in [-0.05, 0) is 48.9 Å². The van der Waals surface area contributed by atoms with Gasteiger partial charge < -0.3 is 15.5 Å². The van der Waals surface area contributed by atoms with Gasteiger partial charge in [-0.3, -0.25) is 9.69 Å². The Labute approximate surface area is 208 Å². The van der Waals surface area contributed by atoms with Gasteiger partial charge in [0, 0.05) is 44.8 Å². The van der Waals surface area contributed by atoms with Gasteiger partial charge in [-0.1, -0.05) is 18.2 Å². The second-order valence-electron chi connectivity index (χ2n) is 8.99. The van der Waals surface area contributed by atoms with Crippen LogP contribution in [0, 0.1) is 6.92 Å². The number of aryl methyl sites for hydroxylation is 1. The Morgan fingerprint density at radius 2 is 1.75 bits per heavy atom. The number of hydrogen-bond acceptors (Lipinski definition) is 6. The maximum atomic E-state index is 14.2. The Balaban J connectivity index is 1.53. The van der Waals surface area contributed by atoms with Gasteiger partial charge in [-0.25, -0.2) is 9.97 Å². The number of likely N-dealkylation sites (N-methyl/N-ethyl adjacent to an activating group) is 1. The summed E-state index contributed by atoms with van der Waals surface area (Å²) in [5.74, 6) is -0.596. The molecular formula is C26H29F3N6O. The summed E-state index contributed by atoms with van der Waals surface area (Å²) in [6.07, 6.45) is 0.0853. The highest BCUT2D eigenvalue weighted by atomic mass is 19.4. The second kappa shape index (κ2) is 11.0. The summed E-state index contributed by atoms with van der Waals surface area (Å²) >= 11 is 0. The van der Waals surface area contributed by atoms with Crippen molar-refractivity contribution in [3.05, 3.63) is 82.9 Å². The van der Waals surface area contributed by atoms with E-state index in [1.54, 1.807) is 36.7 Å². The average molecular weight is 499 g/mol. The molecule has 0 spiro atoms. The number of carbonyl (C=O) groups is 1. The topological polar surface area (TPSA) is 73.4 Å². The van der Waals surface area contributed by atoms with Crippen LogP contribution in [-0.2, 0) is 19.3 Å². The molecule has 2 aromatic carbocycles. The summed E-state index contributed by atoms with van der Waals surface area (Å²) in [6.45, 7) is 5.49.